The summed E-state index contributed by atoms with van der Waals surface area (Å²) in [6.07, 6.45) is 5.34. The van der Waals surface area contributed by atoms with Gasteiger partial charge in [-0.3, -0.25) is 15.0 Å². The molecule has 1 saturated carbocycles. The lowest BCUT2D eigenvalue weighted by Gasteiger charge is -2.25. The molecule has 0 aromatic rings. The van der Waals surface area contributed by atoms with Crippen molar-refractivity contribution >= 4 is 24.3 Å². The Hall–Kier alpha value is -0.850. The number of carbonyl (C=O) groups excluding carboxylic acids is 2. The number of amides is 3. The van der Waals surface area contributed by atoms with E-state index in [9.17, 15) is 9.59 Å². The number of urea groups is 1. The minimum Gasteiger partial charge on any atom is -0.335 e. The van der Waals surface area contributed by atoms with Gasteiger partial charge in [0.25, 0.3) is 0 Å². The Balaban J connectivity index is 0.00000200. The molecule has 1 saturated heterocycles. The Kier molecular flexibility index (Phi) is 7.26. The molecule has 0 bridgehead atoms. The molecule has 1 aliphatic carbocycles. The van der Waals surface area contributed by atoms with E-state index in [2.05, 4.69) is 16.0 Å². The molecule has 2 aliphatic rings. The largest absolute Gasteiger partial charge is 0.335 e. The first-order valence-corrected chi connectivity index (χ1v) is 7.16. The number of carbonyl (C=O) groups is 2. The second-order valence-electron chi connectivity index (χ2n) is 5.55. The number of rotatable bonds is 4. The zero-order valence-electron chi connectivity index (χ0n) is 12.0. The highest BCUT2D eigenvalue weighted by molar-refractivity contribution is 5.95. The first kappa shape index (κ1) is 17.2. The van der Waals surface area contributed by atoms with E-state index in [0.29, 0.717) is 6.04 Å². The lowest BCUT2D eigenvalue weighted by molar-refractivity contribution is -0.121. The van der Waals surface area contributed by atoms with Crippen LogP contribution in [0, 0.1) is 0 Å². The number of hydrogen-bond donors (Lipinski definition) is 3. The van der Waals surface area contributed by atoms with Crippen molar-refractivity contribution in [2.24, 2.45) is 0 Å². The molecule has 1 atom stereocenters. The van der Waals surface area contributed by atoms with E-state index >= 15 is 0 Å². The predicted octanol–water partition coefficient (Wildman–Crippen LogP) is 0.470. The van der Waals surface area contributed by atoms with Crippen LogP contribution in [-0.4, -0.2) is 55.6 Å². The van der Waals surface area contributed by atoms with Crippen molar-refractivity contribution in [2.45, 2.75) is 44.2 Å². The molecule has 20 heavy (non-hydrogen) atoms. The average molecular weight is 305 g/mol. The molecule has 0 spiro atoms. The lowest BCUT2D eigenvalue weighted by Crippen LogP contribution is -2.46. The van der Waals surface area contributed by atoms with Crippen molar-refractivity contribution in [2.75, 3.05) is 26.7 Å². The van der Waals surface area contributed by atoms with Crippen LogP contribution in [0.3, 0.4) is 0 Å². The Morgan fingerprint density at radius 3 is 2.65 bits per heavy atom. The highest BCUT2D eigenvalue weighted by Crippen LogP contribution is 2.18. The number of nitrogens with zero attached hydrogens (tertiary/aromatic N) is 1. The van der Waals surface area contributed by atoms with Gasteiger partial charge in [-0.05, 0) is 52.2 Å². The average Bonchev–Trinajstić information content (AvgIpc) is 3.13. The fraction of sp³-hybridized carbons (Fsp3) is 0.846. The molecule has 2 rings (SSSR count). The van der Waals surface area contributed by atoms with Gasteiger partial charge in [0.2, 0.25) is 5.91 Å². The minimum absolute atomic E-state index is 0. The van der Waals surface area contributed by atoms with Crippen LogP contribution >= 0.6 is 12.4 Å². The number of halogens is 1. The second kappa shape index (κ2) is 8.44. The smallest absolute Gasteiger partial charge is 0.321 e. The van der Waals surface area contributed by atoms with Crippen molar-refractivity contribution in [1.29, 1.82) is 0 Å². The Labute approximate surface area is 126 Å². The third-order valence-electron chi connectivity index (χ3n) is 3.73. The monoisotopic (exact) mass is 304 g/mol. The SMILES string of the molecule is CN(CC(=O)NC(=O)NC1CC1)C1CCCNCC1.Cl. The van der Waals surface area contributed by atoms with Gasteiger partial charge in [-0.2, -0.15) is 0 Å². The Morgan fingerprint density at radius 2 is 1.95 bits per heavy atom. The van der Waals surface area contributed by atoms with E-state index < -0.39 is 0 Å². The van der Waals surface area contributed by atoms with Crippen LogP contribution in [0.4, 0.5) is 4.79 Å². The Bertz CT molecular complexity index is 328. The van der Waals surface area contributed by atoms with E-state index in [0.717, 1.165) is 45.2 Å². The number of imide groups is 1. The van der Waals surface area contributed by atoms with Crippen molar-refractivity contribution in [3.8, 4) is 0 Å². The van der Waals surface area contributed by atoms with Gasteiger partial charge < -0.3 is 10.6 Å². The van der Waals surface area contributed by atoms with Crippen LogP contribution in [0.2, 0.25) is 0 Å². The topological polar surface area (TPSA) is 73.5 Å². The molecule has 1 aliphatic heterocycles. The third-order valence-corrected chi connectivity index (χ3v) is 3.73. The van der Waals surface area contributed by atoms with Gasteiger partial charge in [-0.25, -0.2) is 4.79 Å². The first-order valence-electron chi connectivity index (χ1n) is 7.16. The summed E-state index contributed by atoms with van der Waals surface area (Å²) >= 11 is 0. The van der Waals surface area contributed by atoms with E-state index in [1.54, 1.807) is 0 Å². The number of nitrogens with one attached hydrogen (secondary N) is 3. The highest BCUT2D eigenvalue weighted by Gasteiger charge is 2.24. The molecule has 0 radical (unpaired) electrons. The minimum atomic E-state index is -0.358. The zero-order chi connectivity index (χ0) is 13.7. The molecule has 1 heterocycles. The Morgan fingerprint density at radius 1 is 1.20 bits per heavy atom. The molecule has 116 valence electrons. The van der Waals surface area contributed by atoms with E-state index in [-0.39, 0.29) is 36.9 Å². The maximum absolute atomic E-state index is 11.8. The van der Waals surface area contributed by atoms with Gasteiger partial charge in [-0.1, -0.05) is 0 Å². The summed E-state index contributed by atoms with van der Waals surface area (Å²) in [6.45, 7) is 2.34. The van der Waals surface area contributed by atoms with Crippen molar-refractivity contribution in [3.63, 3.8) is 0 Å². The summed E-state index contributed by atoms with van der Waals surface area (Å²) in [4.78, 5) is 25.3. The molecular formula is C13H25ClN4O2. The standard InChI is InChI=1S/C13H24N4O2.ClH/c1-17(11-3-2-7-14-8-6-11)9-12(18)16-13(19)15-10-4-5-10;/h10-11,14H,2-9H2,1H3,(H2,15,16,18,19);1H. The van der Waals surface area contributed by atoms with Crippen LogP contribution in [0.25, 0.3) is 0 Å². The summed E-state index contributed by atoms with van der Waals surface area (Å²) in [5.41, 5.74) is 0. The van der Waals surface area contributed by atoms with Crippen LogP contribution < -0.4 is 16.0 Å². The molecule has 2 fully saturated rings. The van der Waals surface area contributed by atoms with E-state index in [1.807, 2.05) is 11.9 Å². The molecule has 6 nitrogen and oxygen atoms in total. The molecule has 1 unspecified atom stereocenters. The summed E-state index contributed by atoms with van der Waals surface area (Å²) in [6, 6.07) is 0.342. The van der Waals surface area contributed by atoms with E-state index in [1.165, 1.54) is 0 Å². The summed E-state index contributed by atoms with van der Waals surface area (Å²) in [7, 11) is 1.95. The lowest BCUT2D eigenvalue weighted by atomic mass is 10.1. The van der Waals surface area contributed by atoms with Gasteiger partial charge in [-0.15, -0.1) is 12.4 Å². The van der Waals surface area contributed by atoms with Crippen LogP contribution in [-0.2, 0) is 4.79 Å². The quantitative estimate of drug-likeness (QED) is 0.706. The molecule has 3 amide bonds. The summed E-state index contributed by atoms with van der Waals surface area (Å²) < 4.78 is 0. The molecule has 3 N–H and O–H groups in total. The van der Waals surface area contributed by atoms with Gasteiger partial charge in [0, 0.05) is 12.1 Å². The van der Waals surface area contributed by atoms with Crippen molar-refractivity contribution < 1.29 is 9.59 Å². The summed E-state index contributed by atoms with van der Waals surface area (Å²) in [5, 5.41) is 8.49. The molecule has 0 aromatic heterocycles. The van der Waals surface area contributed by atoms with Gasteiger partial charge in [0.05, 0.1) is 6.54 Å². The maximum Gasteiger partial charge on any atom is 0.321 e. The third kappa shape index (κ3) is 6.07. The second-order valence-corrected chi connectivity index (χ2v) is 5.55. The van der Waals surface area contributed by atoms with Crippen LogP contribution in [0.15, 0.2) is 0 Å². The number of hydrogen-bond acceptors (Lipinski definition) is 4. The van der Waals surface area contributed by atoms with E-state index in [4.69, 9.17) is 0 Å². The van der Waals surface area contributed by atoms with Gasteiger partial charge >= 0.3 is 6.03 Å². The molecular weight excluding hydrogens is 280 g/mol. The van der Waals surface area contributed by atoms with Crippen LogP contribution in [0.1, 0.15) is 32.1 Å². The van der Waals surface area contributed by atoms with Gasteiger partial charge in [0.1, 0.15) is 0 Å². The molecule has 7 heteroatoms. The maximum atomic E-state index is 11.8. The normalized spacial score (nSPS) is 22.6. The zero-order valence-corrected chi connectivity index (χ0v) is 12.8. The fourth-order valence-corrected chi connectivity index (χ4v) is 2.41. The number of likely N-dealkylation sites (N-methyl/N-ethyl adjacent to an activating group) is 1. The van der Waals surface area contributed by atoms with Gasteiger partial charge in [0.15, 0.2) is 0 Å². The fourth-order valence-electron chi connectivity index (χ4n) is 2.41. The van der Waals surface area contributed by atoms with Crippen LogP contribution in [0.5, 0.6) is 0 Å². The highest BCUT2D eigenvalue weighted by atomic mass is 35.5. The molecule has 0 aromatic carbocycles. The van der Waals surface area contributed by atoms with Crippen molar-refractivity contribution in [3.05, 3.63) is 0 Å². The summed E-state index contributed by atoms with van der Waals surface area (Å²) in [5.74, 6) is -0.224. The first-order chi connectivity index (χ1) is 9.15. The predicted molar refractivity (Wildman–Crippen MR) is 80.1 cm³/mol. The van der Waals surface area contributed by atoms with Crippen molar-refractivity contribution in [1.82, 2.24) is 20.9 Å².